The molecular weight excluding hydrogens is 284 g/mol. The third-order valence-corrected chi connectivity index (χ3v) is 3.88. The summed E-state index contributed by atoms with van der Waals surface area (Å²) in [4.78, 5) is 4.54. The predicted octanol–water partition coefficient (Wildman–Crippen LogP) is 3.72. The maximum atomic E-state index is 6.44. The number of hydrogen-bond acceptors (Lipinski definition) is 3. The van der Waals surface area contributed by atoms with E-state index in [1.165, 1.54) is 0 Å². The number of halogens is 1. The van der Waals surface area contributed by atoms with Gasteiger partial charge in [-0.05, 0) is 31.2 Å². The lowest BCUT2D eigenvalue weighted by Crippen LogP contribution is -2.18. The summed E-state index contributed by atoms with van der Waals surface area (Å²) >= 11 is 6.44. The summed E-state index contributed by atoms with van der Waals surface area (Å²) in [5, 5.41) is 8.69. The Morgan fingerprint density at radius 1 is 1.24 bits per heavy atom. The Hall–Kier alpha value is -1.39. The number of hydrogen-bond donors (Lipinski definition) is 1. The van der Waals surface area contributed by atoms with Gasteiger partial charge in [-0.1, -0.05) is 38.4 Å². The highest BCUT2D eigenvalue weighted by Crippen LogP contribution is 2.26. The van der Waals surface area contributed by atoms with Crippen molar-refractivity contribution in [3.63, 3.8) is 0 Å². The summed E-state index contributed by atoms with van der Waals surface area (Å²) in [5.74, 6) is 1.84. The highest BCUT2D eigenvalue weighted by molar-refractivity contribution is 6.31. The van der Waals surface area contributed by atoms with Crippen molar-refractivity contribution >= 4 is 11.6 Å². The molecule has 0 aliphatic carbocycles. The molecule has 1 aromatic heterocycles. The van der Waals surface area contributed by atoms with Gasteiger partial charge in [0.05, 0.1) is 5.69 Å². The zero-order valence-electron chi connectivity index (χ0n) is 13.2. The Morgan fingerprint density at radius 3 is 2.57 bits per heavy atom. The van der Waals surface area contributed by atoms with E-state index in [0.717, 1.165) is 47.3 Å². The monoisotopic (exact) mass is 306 g/mol. The first-order valence-corrected chi connectivity index (χ1v) is 7.96. The summed E-state index contributed by atoms with van der Waals surface area (Å²) in [6.07, 6.45) is 1.68. The Labute approximate surface area is 131 Å². The van der Waals surface area contributed by atoms with E-state index in [9.17, 15) is 0 Å². The minimum atomic E-state index is 0.240. The third kappa shape index (κ3) is 3.44. The van der Waals surface area contributed by atoms with Crippen LogP contribution in [0, 0.1) is 0 Å². The molecule has 0 aliphatic rings. The number of benzene rings is 1. The van der Waals surface area contributed by atoms with Crippen LogP contribution in [0.2, 0.25) is 5.02 Å². The lowest BCUT2D eigenvalue weighted by atomic mass is 10.1. The average Bonchev–Trinajstić information content (AvgIpc) is 2.90. The van der Waals surface area contributed by atoms with Crippen LogP contribution >= 0.6 is 11.6 Å². The molecular formula is C16H23ClN4. The van der Waals surface area contributed by atoms with Gasteiger partial charge in [0.25, 0.3) is 0 Å². The Kier molecular flexibility index (Phi) is 5.37. The summed E-state index contributed by atoms with van der Waals surface area (Å²) in [6, 6.07) is 6.34. The smallest absolute Gasteiger partial charge is 0.151 e. The van der Waals surface area contributed by atoms with E-state index in [1.54, 1.807) is 0 Å². The molecule has 0 fully saturated rings. The molecule has 0 saturated heterocycles. The van der Waals surface area contributed by atoms with Crippen molar-refractivity contribution in [3.05, 3.63) is 40.4 Å². The first kappa shape index (κ1) is 16.0. The van der Waals surface area contributed by atoms with Crippen molar-refractivity contribution in [2.75, 3.05) is 6.54 Å². The van der Waals surface area contributed by atoms with Gasteiger partial charge in [-0.25, -0.2) is 9.67 Å². The molecule has 114 valence electrons. The number of aromatic nitrogens is 3. The summed E-state index contributed by atoms with van der Waals surface area (Å²) in [6.45, 7) is 9.28. The quantitative estimate of drug-likeness (QED) is 0.884. The molecule has 0 saturated carbocycles. The lowest BCUT2D eigenvalue weighted by molar-refractivity contribution is 0.598. The Balaban J connectivity index is 2.38. The van der Waals surface area contributed by atoms with Gasteiger partial charge in [-0.3, -0.25) is 0 Å². The van der Waals surface area contributed by atoms with Crippen molar-refractivity contribution in [3.8, 4) is 5.69 Å². The minimum Gasteiger partial charge on any atom is -0.310 e. The van der Waals surface area contributed by atoms with Gasteiger partial charge in [-0.15, -0.1) is 0 Å². The van der Waals surface area contributed by atoms with Crippen LogP contribution < -0.4 is 5.32 Å². The maximum Gasteiger partial charge on any atom is 0.151 e. The number of nitrogens with zero attached hydrogens (tertiary/aromatic N) is 3. The second kappa shape index (κ2) is 7.05. The molecule has 1 aromatic carbocycles. The Morgan fingerprint density at radius 2 is 2.00 bits per heavy atom. The zero-order valence-corrected chi connectivity index (χ0v) is 13.9. The van der Waals surface area contributed by atoms with Crippen molar-refractivity contribution in [2.24, 2.45) is 0 Å². The van der Waals surface area contributed by atoms with E-state index in [2.05, 4.69) is 55.2 Å². The van der Waals surface area contributed by atoms with Crippen molar-refractivity contribution in [1.29, 1.82) is 0 Å². The van der Waals surface area contributed by atoms with Crippen LogP contribution in [-0.4, -0.2) is 21.3 Å². The molecule has 2 rings (SSSR count). The fourth-order valence-electron chi connectivity index (χ4n) is 2.39. The summed E-state index contributed by atoms with van der Waals surface area (Å²) in [5.41, 5.74) is 2.08. The van der Waals surface area contributed by atoms with Gasteiger partial charge in [0.2, 0.25) is 0 Å². The number of aryl methyl sites for hydroxylation is 2. The molecule has 1 atom stereocenters. The van der Waals surface area contributed by atoms with Gasteiger partial charge < -0.3 is 5.32 Å². The largest absolute Gasteiger partial charge is 0.310 e. The van der Waals surface area contributed by atoms with Crippen LogP contribution in [0.25, 0.3) is 5.69 Å². The molecule has 0 aliphatic heterocycles. The summed E-state index contributed by atoms with van der Waals surface area (Å²) in [7, 11) is 0. The van der Waals surface area contributed by atoms with E-state index in [4.69, 9.17) is 11.6 Å². The fourth-order valence-corrected chi connectivity index (χ4v) is 2.73. The molecule has 5 heteroatoms. The van der Waals surface area contributed by atoms with Crippen LogP contribution in [0.15, 0.2) is 18.2 Å². The Bertz CT molecular complexity index is 606. The van der Waals surface area contributed by atoms with Gasteiger partial charge in [-0.2, -0.15) is 5.10 Å². The first-order valence-electron chi connectivity index (χ1n) is 7.58. The van der Waals surface area contributed by atoms with Crippen LogP contribution in [0.5, 0.6) is 0 Å². The minimum absolute atomic E-state index is 0.240. The topological polar surface area (TPSA) is 42.7 Å². The predicted molar refractivity (Wildman–Crippen MR) is 87.2 cm³/mol. The molecule has 1 N–H and O–H groups in total. The molecule has 0 amide bonds. The SMILES string of the molecule is CCNC(C)c1ccc(-n2nc(CC)nc2CC)cc1Cl. The van der Waals surface area contributed by atoms with Crippen molar-refractivity contribution in [2.45, 2.75) is 46.6 Å². The fraction of sp³-hybridized carbons (Fsp3) is 0.500. The van der Waals surface area contributed by atoms with Crippen molar-refractivity contribution in [1.82, 2.24) is 20.1 Å². The molecule has 2 aromatic rings. The van der Waals surface area contributed by atoms with Gasteiger partial charge in [0.15, 0.2) is 5.82 Å². The molecule has 0 spiro atoms. The van der Waals surface area contributed by atoms with Crippen LogP contribution in [0.4, 0.5) is 0 Å². The molecule has 1 unspecified atom stereocenters. The average molecular weight is 307 g/mol. The second-order valence-corrected chi connectivity index (χ2v) is 5.46. The zero-order chi connectivity index (χ0) is 15.4. The summed E-state index contributed by atoms with van der Waals surface area (Å²) < 4.78 is 1.90. The maximum absolute atomic E-state index is 6.44. The highest BCUT2D eigenvalue weighted by atomic mass is 35.5. The van der Waals surface area contributed by atoms with Gasteiger partial charge in [0, 0.05) is 23.9 Å². The van der Waals surface area contributed by atoms with E-state index >= 15 is 0 Å². The van der Waals surface area contributed by atoms with Crippen LogP contribution in [-0.2, 0) is 12.8 Å². The standard InChI is InChI=1S/C16H23ClN4/c1-5-15-19-16(6-2)21(20-15)12-8-9-13(14(17)10-12)11(4)18-7-3/h8-11,18H,5-7H2,1-4H3. The van der Waals surface area contributed by atoms with E-state index < -0.39 is 0 Å². The highest BCUT2D eigenvalue weighted by Gasteiger charge is 2.13. The van der Waals surface area contributed by atoms with Crippen LogP contribution in [0.3, 0.4) is 0 Å². The van der Waals surface area contributed by atoms with Gasteiger partial charge in [0.1, 0.15) is 5.82 Å². The van der Waals surface area contributed by atoms with Gasteiger partial charge >= 0.3 is 0 Å². The van der Waals surface area contributed by atoms with Crippen LogP contribution in [0.1, 0.15) is 50.9 Å². The molecule has 4 nitrogen and oxygen atoms in total. The van der Waals surface area contributed by atoms with E-state index in [0.29, 0.717) is 0 Å². The molecule has 0 bridgehead atoms. The molecule has 0 radical (unpaired) electrons. The van der Waals surface area contributed by atoms with Crippen molar-refractivity contribution < 1.29 is 0 Å². The normalized spacial score (nSPS) is 12.6. The third-order valence-electron chi connectivity index (χ3n) is 3.56. The molecule has 21 heavy (non-hydrogen) atoms. The molecule has 1 heterocycles. The first-order chi connectivity index (χ1) is 10.1. The number of nitrogens with one attached hydrogen (secondary N) is 1. The lowest BCUT2D eigenvalue weighted by Gasteiger charge is -2.15. The number of rotatable bonds is 6. The van der Waals surface area contributed by atoms with E-state index in [1.807, 2.05) is 10.7 Å². The second-order valence-electron chi connectivity index (χ2n) is 5.05. The van der Waals surface area contributed by atoms with E-state index in [-0.39, 0.29) is 6.04 Å².